The summed E-state index contributed by atoms with van der Waals surface area (Å²) in [6, 6.07) is 17.6. The summed E-state index contributed by atoms with van der Waals surface area (Å²) < 4.78 is 10.4. The highest BCUT2D eigenvalue weighted by atomic mass is 16.5. The van der Waals surface area contributed by atoms with Gasteiger partial charge in [-0.05, 0) is 46.0 Å². The molecule has 4 rings (SSSR count). The van der Waals surface area contributed by atoms with Crippen molar-refractivity contribution in [3.05, 3.63) is 60.2 Å². The smallest absolute Gasteiger partial charge is 0.328 e. The maximum atomic E-state index is 12.5. The average molecular weight is 377 g/mol. The van der Waals surface area contributed by atoms with E-state index in [4.69, 9.17) is 9.47 Å². The molecule has 1 aliphatic heterocycles. The van der Waals surface area contributed by atoms with Crippen LogP contribution in [-0.4, -0.2) is 37.7 Å². The third-order valence-corrected chi connectivity index (χ3v) is 5.32. The van der Waals surface area contributed by atoms with Crippen LogP contribution in [0, 0.1) is 0 Å². The van der Waals surface area contributed by atoms with E-state index in [1.165, 1.54) is 7.11 Å². The zero-order valence-electron chi connectivity index (χ0n) is 15.8. The van der Waals surface area contributed by atoms with Crippen molar-refractivity contribution >= 4 is 33.4 Å². The van der Waals surface area contributed by atoms with Crippen LogP contribution in [0.15, 0.2) is 54.6 Å². The van der Waals surface area contributed by atoms with Gasteiger partial charge in [0, 0.05) is 13.0 Å². The minimum atomic E-state index is -0.768. The monoisotopic (exact) mass is 377 g/mol. The van der Waals surface area contributed by atoms with Crippen LogP contribution in [0.4, 0.5) is 0 Å². The molecule has 3 aromatic rings. The molecule has 144 valence electrons. The maximum absolute atomic E-state index is 12.5. The van der Waals surface area contributed by atoms with Gasteiger partial charge in [0.2, 0.25) is 5.91 Å². The van der Waals surface area contributed by atoms with Gasteiger partial charge in [-0.15, -0.1) is 0 Å². The van der Waals surface area contributed by atoms with Gasteiger partial charge in [-0.2, -0.15) is 0 Å². The second kappa shape index (κ2) is 7.98. The predicted molar refractivity (Wildman–Crippen MR) is 108 cm³/mol. The summed E-state index contributed by atoms with van der Waals surface area (Å²) in [5, 5.41) is 7.19. The largest absolute Gasteiger partial charge is 0.467 e. The number of methoxy groups -OCH3 is 1. The van der Waals surface area contributed by atoms with E-state index >= 15 is 0 Å². The van der Waals surface area contributed by atoms with Crippen LogP contribution in [0.3, 0.4) is 0 Å². The molecule has 1 fully saturated rings. The Labute approximate surface area is 163 Å². The molecule has 28 heavy (non-hydrogen) atoms. The lowest BCUT2D eigenvalue weighted by Crippen LogP contribution is -2.47. The topological polar surface area (TPSA) is 64.6 Å². The highest BCUT2D eigenvalue weighted by molar-refractivity contribution is 6.02. The minimum absolute atomic E-state index is 0.252. The van der Waals surface area contributed by atoms with Gasteiger partial charge in [-0.1, -0.05) is 48.5 Å². The van der Waals surface area contributed by atoms with Crippen molar-refractivity contribution < 1.29 is 19.1 Å². The number of nitrogens with one attached hydrogen (secondary N) is 1. The molecule has 2 atom stereocenters. The van der Waals surface area contributed by atoms with Crippen LogP contribution in [0.25, 0.3) is 21.5 Å². The second-order valence-corrected chi connectivity index (χ2v) is 7.09. The van der Waals surface area contributed by atoms with E-state index < -0.39 is 18.1 Å². The standard InChI is InChI=1S/C23H23NO4/c1-27-23(26)20(24-22(25)21-11-6-12-28-21)14-19-17-9-4-2-7-15(17)13-16-8-3-5-10-18(16)19/h2-5,7-10,13,20-21H,6,11-12,14H2,1H3,(H,24,25)/t20-,21+/m0/s1. The second-order valence-electron chi connectivity index (χ2n) is 7.09. The molecule has 0 saturated carbocycles. The number of carbonyl (C=O) groups excluding carboxylic acids is 2. The SMILES string of the molecule is COC(=O)[C@H](Cc1c2ccccc2cc2ccccc12)NC(=O)[C@H]1CCCO1. The number of hydrogen-bond acceptors (Lipinski definition) is 4. The zero-order chi connectivity index (χ0) is 19.5. The van der Waals surface area contributed by atoms with Gasteiger partial charge in [0.1, 0.15) is 12.1 Å². The first-order valence-electron chi connectivity index (χ1n) is 9.56. The molecule has 1 N–H and O–H groups in total. The molecule has 0 aliphatic carbocycles. The van der Waals surface area contributed by atoms with Crippen LogP contribution in [-0.2, 0) is 25.5 Å². The summed E-state index contributed by atoms with van der Waals surface area (Å²) in [5.74, 6) is -0.708. The molecule has 1 amide bonds. The van der Waals surface area contributed by atoms with Crippen molar-refractivity contribution in [3.63, 3.8) is 0 Å². The van der Waals surface area contributed by atoms with Crippen LogP contribution in [0.5, 0.6) is 0 Å². The normalized spacial score (nSPS) is 17.5. The Morgan fingerprint density at radius 1 is 1.11 bits per heavy atom. The van der Waals surface area contributed by atoms with Crippen molar-refractivity contribution in [1.82, 2.24) is 5.32 Å². The van der Waals surface area contributed by atoms with Crippen LogP contribution in [0.2, 0.25) is 0 Å². The lowest BCUT2D eigenvalue weighted by molar-refractivity contribution is -0.146. The molecule has 1 aliphatic rings. The summed E-state index contributed by atoms with van der Waals surface area (Å²) in [6.45, 7) is 0.578. The Hall–Kier alpha value is -2.92. The van der Waals surface area contributed by atoms with Gasteiger partial charge in [-0.25, -0.2) is 4.79 Å². The molecular weight excluding hydrogens is 354 g/mol. The predicted octanol–water partition coefficient (Wildman–Crippen LogP) is 3.37. The number of benzene rings is 3. The lowest BCUT2D eigenvalue weighted by atomic mass is 9.92. The third-order valence-electron chi connectivity index (χ3n) is 5.32. The van der Waals surface area contributed by atoms with E-state index in [1.807, 2.05) is 36.4 Å². The van der Waals surface area contributed by atoms with E-state index in [1.54, 1.807) is 0 Å². The molecule has 0 aromatic heterocycles. The van der Waals surface area contributed by atoms with Gasteiger partial charge in [0.15, 0.2) is 0 Å². The first kappa shape index (κ1) is 18.4. The van der Waals surface area contributed by atoms with Crippen molar-refractivity contribution in [2.24, 2.45) is 0 Å². The Morgan fingerprint density at radius 3 is 2.32 bits per heavy atom. The number of ether oxygens (including phenoxy) is 2. The Balaban J connectivity index is 1.73. The summed E-state index contributed by atoms with van der Waals surface area (Å²) in [7, 11) is 1.34. The molecule has 0 unspecified atom stereocenters. The van der Waals surface area contributed by atoms with Crippen molar-refractivity contribution in [3.8, 4) is 0 Å². The lowest BCUT2D eigenvalue weighted by Gasteiger charge is -2.20. The Kier molecular flexibility index (Phi) is 5.26. The van der Waals surface area contributed by atoms with Crippen molar-refractivity contribution in [2.45, 2.75) is 31.4 Å². The molecule has 5 nitrogen and oxygen atoms in total. The number of amides is 1. The molecule has 1 heterocycles. The fourth-order valence-electron chi connectivity index (χ4n) is 3.92. The minimum Gasteiger partial charge on any atom is -0.467 e. The molecule has 0 radical (unpaired) electrons. The Morgan fingerprint density at radius 2 is 1.75 bits per heavy atom. The average Bonchev–Trinajstić information content (AvgIpc) is 3.27. The molecular formula is C23H23NO4. The third kappa shape index (κ3) is 3.58. The summed E-state index contributed by atoms with van der Waals surface area (Å²) in [4.78, 5) is 25.0. The van der Waals surface area contributed by atoms with E-state index in [0.29, 0.717) is 19.4 Å². The number of fused-ring (bicyclic) bond motifs is 2. The van der Waals surface area contributed by atoms with Gasteiger partial charge in [0.25, 0.3) is 0 Å². The fourth-order valence-corrected chi connectivity index (χ4v) is 3.92. The van der Waals surface area contributed by atoms with E-state index in [0.717, 1.165) is 33.5 Å². The van der Waals surface area contributed by atoms with Crippen LogP contribution >= 0.6 is 0 Å². The van der Waals surface area contributed by atoms with Gasteiger partial charge >= 0.3 is 5.97 Å². The van der Waals surface area contributed by atoms with E-state index in [2.05, 4.69) is 23.5 Å². The molecule has 0 bridgehead atoms. The maximum Gasteiger partial charge on any atom is 0.328 e. The number of rotatable bonds is 5. The molecule has 5 heteroatoms. The van der Waals surface area contributed by atoms with Crippen LogP contribution in [0.1, 0.15) is 18.4 Å². The summed E-state index contributed by atoms with van der Waals surface area (Å²) in [5.41, 5.74) is 1.02. The van der Waals surface area contributed by atoms with Gasteiger partial charge < -0.3 is 14.8 Å². The highest BCUT2D eigenvalue weighted by Crippen LogP contribution is 2.29. The highest BCUT2D eigenvalue weighted by Gasteiger charge is 2.29. The quantitative estimate of drug-likeness (QED) is 0.547. The number of hydrogen-bond donors (Lipinski definition) is 1. The zero-order valence-corrected chi connectivity index (χ0v) is 15.8. The van der Waals surface area contributed by atoms with E-state index in [9.17, 15) is 9.59 Å². The summed E-state index contributed by atoms with van der Waals surface area (Å²) in [6.07, 6.45) is 1.40. The van der Waals surface area contributed by atoms with Crippen molar-refractivity contribution in [2.75, 3.05) is 13.7 Å². The summed E-state index contributed by atoms with van der Waals surface area (Å²) >= 11 is 0. The van der Waals surface area contributed by atoms with E-state index in [-0.39, 0.29) is 5.91 Å². The molecule has 1 saturated heterocycles. The number of carbonyl (C=O) groups is 2. The van der Waals surface area contributed by atoms with Crippen molar-refractivity contribution in [1.29, 1.82) is 0 Å². The first-order valence-corrected chi connectivity index (χ1v) is 9.56. The molecule has 0 spiro atoms. The van der Waals surface area contributed by atoms with Gasteiger partial charge in [0.05, 0.1) is 7.11 Å². The Bertz CT molecular complexity index is 969. The van der Waals surface area contributed by atoms with Gasteiger partial charge in [-0.3, -0.25) is 4.79 Å². The fraction of sp³-hybridized carbons (Fsp3) is 0.304. The van der Waals surface area contributed by atoms with Crippen LogP contribution < -0.4 is 5.32 Å². The number of esters is 1. The first-order chi connectivity index (χ1) is 13.7. The molecule has 3 aromatic carbocycles.